The van der Waals surface area contributed by atoms with Gasteiger partial charge in [0.05, 0.1) is 12.0 Å². The molecule has 0 aliphatic carbocycles. The molecule has 0 unspecified atom stereocenters. The lowest BCUT2D eigenvalue weighted by Crippen LogP contribution is -2.20. The smallest absolute Gasteiger partial charge is 0.263 e. The number of nitrogens with one attached hydrogen (secondary N) is 1. The molecule has 2 aromatic rings. The molecule has 0 bridgehead atoms. The van der Waals surface area contributed by atoms with Gasteiger partial charge in [0.15, 0.2) is 11.6 Å². The van der Waals surface area contributed by atoms with Crippen LogP contribution in [0.5, 0.6) is 5.75 Å². The third-order valence-electron chi connectivity index (χ3n) is 3.50. The summed E-state index contributed by atoms with van der Waals surface area (Å²) in [5.41, 5.74) is 0. The van der Waals surface area contributed by atoms with Crippen LogP contribution < -0.4 is 14.4 Å². The van der Waals surface area contributed by atoms with E-state index in [9.17, 15) is 8.42 Å². The summed E-state index contributed by atoms with van der Waals surface area (Å²) in [7, 11) is -0.252. The highest BCUT2D eigenvalue weighted by Gasteiger charge is 2.15. The van der Waals surface area contributed by atoms with E-state index in [1.54, 1.807) is 24.3 Å². The van der Waals surface area contributed by atoms with E-state index in [1.807, 2.05) is 11.9 Å². The first-order valence-corrected chi connectivity index (χ1v) is 9.16. The van der Waals surface area contributed by atoms with Gasteiger partial charge in [0.2, 0.25) is 0 Å². The molecule has 2 rings (SSSR count). The van der Waals surface area contributed by atoms with Crippen molar-refractivity contribution in [2.24, 2.45) is 0 Å². The Morgan fingerprint density at radius 2 is 1.83 bits per heavy atom. The average molecular weight is 350 g/mol. The van der Waals surface area contributed by atoms with E-state index in [0.717, 1.165) is 19.4 Å². The van der Waals surface area contributed by atoms with Gasteiger partial charge >= 0.3 is 0 Å². The van der Waals surface area contributed by atoms with Gasteiger partial charge in [-0.3, -0.25) is 4.72 Å². The van der Waals surface area contributed by atoms with Crippen LogP contribution in [0.25, 0.3) is 0 Å². The van der Waals surface area contributed by atoms with Gasteiger partial charge in [0.25, 0.3) is 10.0 Å². The van der Waals surface area contributed by atoms with E-state index < -0.39 is 10.0 Å². The Balaban J connectivity index is 2.09. The lowest BCUT2D eigenvalue weighted by Gasteiger charge is -2.17. The fourth-order valence-electron chi connectivity index (χ4n) is 2.04. The minimum Gasteiger partial charge on any atom is -0.497 e. The summed E-state index contributed by atoms with van der Waals surface area (Å²) in [5.74, 6) is 1.47. The van der Waals surface area contributed by atoms with E-state index in [1.165, 1.54) is 19.2 Å². The molecule has 8 heteroatoms. The number of hydrogen-bond acceptors (Lipinski definition) is 6. The lowest BCUT2D eigenvalue weighted by atomic mass is 10.3. The molecule has 0 fully saturated rings. The molecule has 0 amide bonds. The predicted octanol–water partition coefficient (Wildman–Crippen LogP) is 2.52. The fraction of sp³-hybridized carbons (Fsp3) is 0.375. The first kappa shape index (κ1) is 18.0. The molecule has 0 radical (unpaired) electrons. The Labute approximate surface area is 142 Å². The second-order valence-electron chi connectivity index (χ2n) is 5.33. The van der Waals surface area contributed by atoms with Crippen molar-refractivity contribution in [3.63, 3.8) is 0 Å². The Hall–Kier alpha value is -2.35. The maximum atomic E-state index is 12.3. The number of ether oxygens (including phenoxy) is 1. The molecule has 0 atom stereocenters. The third kappa shape index (κ3) is 4.58. The van der Waals surface area contributed by atoms with Crippen molar-refractivity contribution in [1.82, 2.24) is 10.2 Å². The SMILES string of the molecule is CCCCN(C)c1ccc(NS(=O)(=O)c2ccc(OC)cc2)nn1. The molecule has 1 aromatic heterocycles. The molecular weight excluding hydrogens is 328 g/mol. The zero-order valence-corrected chi connectivity index (χ0v) is 14.9. The number of methoxy groups -OCH3 is 1. The van der Waals surface area contributed by atoms with Gasteiger partial charge in [-0.2, -0.15) is 0 Å². The van der Waals surface area contributed by atoms with Gasteiger partial charge in [0.1, 0.15) is 5.75 Å². The van der Waals surface area contributed by atoms with Gasteiger partial charge in [-0.15, -0.1) is 10.2 Å². The number of nitrogens with zero attached hydrogens (tertiary/aromatic N) is 3. The number of sulfonamides is 1. The maximum absolute atomic E-state index is 12.3. The van der Waals surface area contributed by atoms with E-state index in [0.29, 0.717) is 11.6 Å². The number of benzene rings is 1. The fourth-order valence-corrected chi connectivity index (χ4v) is 3.04. The molecule has 1 N–H and O–H groups in total. The summed E-state index contributed by atoms with van der Waals surface area (Å²) in [6.07, 6.45) is 2.15. The molecule has 1 heterocycles. The van der Waals surface area contributed by atoms with Gasteiger partial charge in [-0.1, -0.05) is 13.3 Å². The molecule has 0 spiro atoms. The van der Waals surface area contributed by atoms with Crippen molar-refractivity contribution in [2.75, 3.05) is 30.3 Å². The summed E-state index contributed by atoms with van der Waals surface area (Å²) >= 11 is 0. The van der Waals surface area contributed by atoms with Crippen molar-refractivity contribution < 1.29 is 13.2 Å². The van der Waals surface area contributed by atoms with Crippen molar-refractivity contribution >= 4 is 21.7 Å². The number of aromatic nitrogens is 2. The standard InChI is InChI=1S/C16H22N4O3S/c1-4-5-12-20(2)16-11-10-15(17-18-16)19-24(21,22)14-8-6-13(23-3)7-9-14/h6-11H,4-5,12H2,1-3H3,(H,17,19). The topological polar surface area (TPSA) is 84.4 Å². The van der Waals surface area contributed by atoms with Crippen LogP contribution in [-0.2, 0) is 10.0 Å². The highest BCUT2D eigenvalue weighted by atomic mass is 32.2. The largest absolute Gasteiger partial charge is 0.497 e. The average Bonchev–Trinajstić information content (AvgIpc) is 2.60. The Morgan fingerprint density at radius 3 is 2.38 bits per heavy atom. The van der Waals surface area contributed by atoms with Crippen molar-refractivity contribution in [3.8, 4) is 5.75 Å². The second-order valence-corrected chi connectivity index (χ2v) is 7.02. The molecule has 0 aliphatic rings. The lowest BCUT2D eigenvalue weighted by molar-refractivity contribution is 0.414. The summed E-state index contributed by atoms with van der Waals surface area (Å²) in [4.78, 5) is 2.12. The Bertz CT molecular complexity index is 746. The zero-order chi connectivity index (χ0) is 17.6. The van der Waals surface area contributed by atoms with Crippen molar-refractivity contribution in [1.29, 1.82) is 0 Å². The van der Waals surface area contributed by atoms with Gasteiger partial charge in [-0.25, -0.2) is 8.42 Å². The van der Waals surface area contributed by atoms with Crippen LogP contribution in [0, 0.1) is 0 Å². The maximum Gasteiger partial charge on any atom is 0.263 e. The molecule has 130 valence electrons. The second kappa shape index (κ2) is 7.96. The zero-order valence-electron chi connectivity index (χ0n) is 14.1. The molecule has 7 nitrogen and oxygen atoms in total. The summed E-state index contributed by atoms with van der Waals surface area (Å²) in [6.45, 7) is 3.00. The van der Waals surface area contributed by atoms with Crippen molar-refractivity contribution in [2.45, 2.75) is 24.7 Å². The van der Waals surface area contributed by atoms with Crippen LogP contribution >= 0.6 is 0 Å². The van der Waals surface area contributed by atoms with Crippen LogP contribution in [0.15, 0.2) is 41.3 Å². The Morgan fingerprint density at radius 1 is 1.12 bits per heavy atom. The van der Waals surface area contributed by atoms with Gasteiger partial charge in [-0.05, 0) is 42.8 Å². The molecule has 1 aromatic carbocycles. The molecule has 0 saturated carbocycles. The third-order valence-corrected chi connectivity index (χ3v) is 4.87. The van der Waals surface area contributed by atoms with Crippen molar-refractivity contribution in [3.05, 3.63) is 36.4 Å². The van der Waals surface area contributed by atoms with Gasteiger partial charge in [0, 0.05) is 13.6 Å². The number of hydrogen-bond donors (Lipinski definition) is 1. The minimum atomic E-state index is -3.71. The van der Waals surface area contributed by atoms with E-state index in [2.05, 4.69) is 21.8 Å². The molecule has 0 aliphatic heterocycles. The normalized spacial score (nSPS) is 11.1. The van der Waals surface area contributed by atoms with E-state index in [-0.39, 0.29) is 10.7 Å². The summed E-state index contributed by atoms with van der Waals surface area (Å²) in [6, 6.07) is 9.47. The first-order chi connectivity index (χ1) is 11.5. The summed E-state index contributed by atoms with van der Waals surface area (Å²) in [5, 5.41) is 8.01. The number of unbranched alkanes of at least 4 members (excludes halogenated alkanes) is 1. The predicted molar refractivity (Wildman–Crippen MR) is 94.0 cm³/mol. The van der Waals surface area contributed by atoms with Crippen LogP contribution in [0.1, 0.15) is 19.8 Å². The van der Waals surface area contributed by atoms with E-state index in [4.69, 9.17) is 4.74 Å². The highest BCUT2D eigenvalue weighted by molar-refractivity contribution is 7.92. The van der Waals surface area contributed by atoms with Gasteiger partial charge < -0.3 is 9.64 Å². The van der Waals surface area contributed by atoms with E-state index >= 15 is 0 Å². The number of anilines is 2. The van der Waals surface area contributed by atoms with Crippen LogP contribution in [0.4, 0.5) is 11.6 Å². The van der Waals surface area contributed by atoms with Crippen LogP contribution in [0.2, 0.25) is 0 Å². The molecule has 0 saturated heterocycles. The Kier molecular flexibility index (Phi) is 5.97. The quantitative estimate of drug-likeness (QED) is 0.787. The summed E-state index contributed by atoms with van der Waals surface area (Å²) < 4.78 is 32.1. The van der Waals surface area contributed by atoms with Crippen LogP contribution in [-0.4, -0.2) is 39.3 Å². The molecule has 24 heavy (non-hydrogen) atoms. The minimum absolute atomic E-state index is 0.134. The first-order valence-electron chi connectivity index (χ1n) is 7.68. The highest BCUT2D eigenvalue weighted by Crippen LogP contribution is 2.18. The monoisotopic (exact) mass is 350 g/mol. The van der Waals surface area contributed by atoms with Crippen LogP contribution in [0.3, 0.4) is 0 Å². The number of rotatable bonds is 8. The molecular formula is C16H22N4O3S.